The number of hydrogen-bond donors (Lipinski definition) is 0. The van der Waals surface area contributed by atoms with Crippen LogP contribution < -0.4 is 4.90 Å². The monoisotopic (exact) mass is 255 g/mol. The third-order valence-corrected chi connectivity index (χ3v) is 2.98. The maximum Gasteiger partial charge on any atom is 0.146 e. The molecule has 0 amide bonds. The van der Waals surface area contributed by atoms with Gasteiger partial charge in [-0.05, 0) is 24.6 Å². The van der Waals surface area contributed by atoms with Crippen molar-refractivity contribution in [2.75, 3.05) is 11.9 Å². The Labute approximate surface area is 111 Å². The quantitative estimate of drug-likeness (QED) is 0.846. The Bertz CT molecular complexity index is 632. The fourth-order valence-electron chi connectivity index (χ4n) is 1.93. The molecular formula is C15H14FN3. The molecule has 0 aliphatic rings. The number of benzene rings is 1. The molecule has 0 bridgehead atoms. The van der Waals surface area contributed by atoms with Gasteiger partial charge in [0.25, 0.3) is 0 Å². The smallest absolute Gasteiger partial charge is 0.146 e. The molecule has 0 N–H and O–H groups in total. The summed E-state index contributed by atoms with van der Waals surface area (Å²) in [4.78, 5) is 6.00. The predicted molar refractivity (Wildman–Crippen MR) is 72.2 cm³/mol. The van der Waals surface area contributed by atoms with E-state index in [4.69, 9.17) is 0 Å². The third-order valence-electron chi connectivity index (χ3n) is 2.98. The van der Waals surface area contributed by atoms with Crippen molar-refractivity contribution in [2.45, 2.75) is 13.5 Å². The highest BCUT2D eigenvalue weighted by Gasteiger charge is 2.12. The Morgan fingerprint density at radius 2 is 2.05 bits per heavy atom. The first kappa shape index (κ1) is 13.0. The van der Waals surface area contributed by atoms with E-state index >= 15 is 0 Å². The minimum absolute atomic E-state index is 0.250. The highest BCUT2D eigenvalue weighted by molar-refractivity contribution is 5.56. The summed E-state index contributed by atoms with van der Waals surface area (Å²) in [6, 6.07) is 10.5. The molecule has 0 spiro atoms. The number of pyridine rings is 1. The van der Waals surface area contributed by atoms with Crippen LogP contribution in [0.15, 0.2) is 36.5 Å². The standard InChI is InChI=1S/C15H14FN3/c1-11-7-8-18-15(13(11)9-17)19(2)10-12-5-3-4-6-14(12)16/h3-8H,10H2,1-2H3. The molecule has 1 aromatic heterocycles. The Morgan fingerprint density at radius 1 is 1.32 bits per heavy atom. The van der Waals surface area contributed by atoms with Crippen molar-refractivity contribution in [2.24, 2.45) is 0 Å². The second-order valence-electron chi connectivity index (χ2n) is 4.39. The topological polar surface area (TPSA) is 39.9 Å². The fourth-order valence-corrected chi connectivity index (χ4v) is 1.93. The van der Waals surface area contributed by atoms with Gasteiger partial charge in [-0.1, -0.05) is 18.2 Å². The van der Waals surface area contributed by atoms with Crippen LogP contribution in [-0.4, -0.2) is 12.0 Å². The van der Waals surface area contributed by atoms with Crippen LogP contribution in [0, 0.1) is 24.1 Å². The zero-order valence-electron chi connectivity index (χ0n) is 10.9. The molecule has 19 heavy (non-hydrogen) atoms. The van der Waals surface area contributed by atoms with Gasteiger partial charge in [0, 0.05) is 25.4 Å². The van der Waals surface area contributed by atoms with Gasteiger partial charge in [0.15, 0.2) is 0 Å². The number of aromatic nitrogens is 1. The summed E-state index contributed by atoms with van der Waals surface area (Å²) in [5.41, 5.74) is 1.98. The molecule has 0 atom stereocenters. The zero-order valence-corrected chi connectivity index (χ0v) is 10.9. The molecule has 0 aliphatic carbocycles. The highest BCUT2D eigenvalue weighted by Crippen LogP contribution is 2.21. The number of aryl methyl sites for hydroxylation is 1. The normalized spacial score (nSPS) is 10.0. The van der Waals surface area contributed by atoms with Gasteiger partial charge in [0.2, 0.25) is 0 Å². The van der Waals surface area contributed by atoms with E-state index in [1.54, 1.807) is 42.4 Å². The second kappa shape index (κ2) is 5.49. The van der Waals surface area contributed by atoms with Crippen LogP contribution >= 0.6 is 0 Å². The van der Waals surface area contributed by atoms with E-state index in [0.29, 0.717) is 23.5 Å². The van der Waals surface area contributed by atoms with Crippen molar-refractivity contribution >= 4 is 5.82 Å². The van der Waals surface area contributed by atoms with Crippen LogP contribution in [0.1, 0.15) is 16.7 Å². The molecule has 0 radical (unpaired) electrons. The van der Waals surface area contributed by atoms with Gasteiger partial charge in [-0.3, -0.25) is 0 Å². The number of halogens is 1. The summed E-state index contributed by atoms with van der Waals surface area (Å²) in [6.45, 7) is 2.23. The number of hydrogen-bond acceptors (Lipinski definition) is 3. The predicted octanol–water partition coefficient (Wildman–Crippen LogP) is 3.04. The Balaban J connectivity index is 2.31. The molecule has 1 aromatic carbocycles. The van der Waals surface area contributed by atoms with Crippen LogP contribution in [0.3, 0.4) is 0 Å². The van der Waals surface area contributed by atoms with Crippen molar-refractivity contribution in [1.82, 2.24) is 4.98 Å². The minimum Gasteiger partial charge on any atom is -0.354 e. The van der Waals surface area contributed by atoms with Crippen molar-refractivity contribution in [1.29, 1.82) is 5.26 Å². The van der Waals surface area contributed by atoms with Crippen LogP contribution in [-0.2, 0) is 6.54 Å². The molecule has 96 valence electrons. The SMILES string of the molecule is Cc1ccnc(N(C)Cc2ccccc2F)c1C#N. The molecule has 2 rings (SSSR count). The molecule has 1 heterocycles. The van der Waals surface area contributed by atoms with E-state index in [1.165, 1.54) is 6.07 Å². The molecule has 0 unspecified atom stereocenters. The average molecular weight is 255 g/mol. The first-order chi connectivity index (χ1) is 9.13. The maximum atomic E-state index is 13.6. The number of nitriles is 1. The van der Waals surface area contributed by atoms with Crippen molar-refractivity contribution in [3.05, 3.63) is 59.0 Å². The summed E-state index contributed by atoms with van der Waals surface area (Å²) in [5.74, 6) is 0.325. The molecule has 0 aliphatic heterocycles. The molecule has 4 heteroatoms. The van der Waals surface area contributed by atoms with Crippen molar-refractivity contribution < 1.29 is 4.39 Å². The lowest BCUT2D eigenvalue weighted by atomic mass is 10.1. The van der Waals surface area contributed by atoms with E-state index in [1.807, 2.05) is 6.92 Å². The van der Waals surface area contributed by atoms with Gasteiger partial charge in [-0.2, -0.15) is 5.26 Å². The number of nitrogens with zero attached hydrogens (tertiary/aromatic N) is 3. The van der Waals surface area contributed by atoms with E-state index in [-0.39, 0.29) is 5.82 Å². The summed E-state index contributed by atoms with van der Waals surface area (Å²) in [7, 11) is 1.80. The molecule has 0 saturated heterocycles. The lowest BCUT2D eigenvalue weighted by Gasteiger charge is -2.20. The van der Waals surface area contributed by atoms with Gasteiger partial charge >= 0.3 is 0 Å². The first-order valence-electron chi connectivity index (χ1n) is 5.93. The van der Waals surface area contributed by atoms with Crippen molar-refractivity contribution in [3.8, 4) is 6.07 Å². The Kier molecular flexibility index (Phi) is 3.76. The summed E-state index contributed by atoms with van der Waals surface area (Å²) in [6.07, 6.45) is 1.66. The van der Waals surface area contributed by atoms with E-state index in [2.05, 4.69) is 11.1 Å². The van der Waals surface area contributed by atoms with Gasteiger partial charge in [0.1, 0.15) is 17.7 Å². The van der Waals surface area contributed by atoms with E-state index in [9.17, 15) is 9.65 Å². The minimum atomic E-state index is -0.250. The lowest BCUT2D eigenvalue weighted by Crippen LogP contribution is -2.20. The number of anilines is 1. The maximum absolute atomic E-state index is 13.6. The first-order valence-corrected chi connectivity index (χ1v) is 5.93. The van der Waals surface area contributed by atoms with E-state index < -0.39 is 0 Å². The van der Waals surface area contributed by atoms with Gasteiger partial charge < -0.3 is 4.90 Å². The largest absolute Gasteiger partial charge is 0.354 e. The third kappa shape index (κ3) is 2.71. The molecule has 0 fully saturated rings. The Morgan fingerprint density at radius 3 is 2.74 bits per heavy atom. The average Bonchev–Trinajstić information content (AvgIpc) is 2.41. The second-order valence-corrected chi connectivity index (χ2v) is 4.39. The lowest BCUT2D eigenvalue weighted by molar-refractivity contribution is 0.607. The van der Waals surface area contributed by atoms with Crippen LogP contribution in [0.2, 0.25) is 0 Å². The van der Waals surface area contributed by atoms with Crippen LogP contribution in [0.5, 0.6) is 0 Å². The number of rotatable bonds is 3. The molecule has 0 saturated carbocycles. The van der Waals surface area contributed by atoms with E-state index in [0.717, 1.165) is 5.56 Å². The molecule has 2 aromatic rings. The van der Waals surface area contributed by atoms with Gasteiger partial charge in [-0.15, -0.1) is 0 Å². The highest BCUT2D eigenvalue weighted by atomic mass is 19.1. The molecular weight excluding hydrogens is 241 g/mol. The van der Waals surface area contributed by atoms with Gasteiger partial charge in [0.05, 0.1) is 5.56 Å². The van der Waals surface area contributed by atoms with Gasteiger partial charge in [-0.25, -0.2) is 9.37 Å². The fraction of sp³-hybridized carbons (Fsp3) is 0.200. The van der Waals surface area contributed by atoms with Crippen LogP contribution in [0.4, 0.5) is 10.2 Å². The summed E-state index contributed by atoms with van der Waals surface area (Å²) >= 11 is 0. The summed E-state index contributed by atoms with van der Waals surface area (Å²) < 4.78 is 13.6. The van der Waals surface area contributed by atoms with Crippen molar-refractivity contribution in [3.63, 3.8) is 0 Å². The summed E-state index contributed by atoms with van der Waals surface area (Å²) in [5, 5.41) is 9.18. The zero-order chi connectivity index (χ0) is 13.8. The Hall–Kier alpha value is -2.41. The molecule has 3 nitrogen and oxygen atoms in total. The van der Waals surface area contributed by atoms with Crippen LogP contribution in [0.25, 0.3) is 0 Å².